The third-order valence-corrected chi connectivity index (χ3v) is 5.44. The molecule has 0 saturated carbocycles. The Morgan fingerprint density at radius 2 is 1.93 bits per heavy atom. The molecule has 0 spiro atoms. The van der Waals surface area contributed by atoms with Gasteiger partial charge in [0.15, 0.2) is 0 Å². The van der Waals surface area contributed by atoms with Gasteiger partial charge in [-0.25, -0.2) is 4.98 Å². The summed E-state index contributed by atoms with van der Waals surface area (Å²) in [6.07, 6.45) is 1.41. The second-order valence-electron chi connectivity index (χ2n) is 6.46. The first-order valence-electron chi connectivity index (χ1n) is 8.91. The van der Waals surface area contributed by atoms with Crippen LogP contribution in [0.3, 0.4) is 0 Å². The van der Waals surface area contributed by atoms with E-state index in [9.17, 15) is 9.59 Å². The van der Waals surface area contributed by atoms with Crippen LogP contribution in [0.5, 0.6) is 0 Å². The highest BCUT2D eigenvalue weighted by atomic mass is 32.1. The predicted molar refractivity (Wildman–Crippen MR) is 107 cm³/mol. The summed E-state index contributed by atoms with van der Waals surface area (Å²) in [5, 5.41) is 8.58. The van der Waals surface area contributed by atoms with Crippen molar-refractivity contribution in [2.45, 2.75) is 12.8 Å². The summed E-state index contributed by atoms with van der Waals surface area (Å²) in [5.74, 6) is -1.07. The summed E-state index contributed by atoms with van der Waals surface area (Å²) in [6.45, 7) is 0.645. The molecule has 2 amide bonds. The Bertz CT molecular complexity index is 968. The number of piperidine rings is 1. The molecule has 136 valence electrons. The molecule has 1 atom stereocenters. The quantitative estimate of drug-likeness (QED) is 0.677. The van der Waals surface area contributed by atoms with Gasteiger partial charge in [-0.15, -0.1) is 11.3 Å². The summed E-state index contributed by atoms with van der Waals surface area (Å²) in [5.41, 5.74) is 3.55. The second-order valence-corrected chi connectivity index (χ2v) is 7.32. The largest absolute Gasteiger partial charge is 0.355 e. The fourth-order valence-electron chi connectivity index (χ4n) is 3.13. The first-order valence-corrected chi connectivity index (χ1v) is 9.78. The van der Waals surface area contributed by atoms with Crippen molar-refractivity contribution in [1.29, 1.82) is 0 Å². The molecule has 2 aromatic carbocycles. The number of anilines is 1. The van der Waals surface area contributed by atoms with Crippen molar-refractivity contribution >= 4 is 28.8 Å². The Kier molecular flexibility index (Phi) is 4.98. The summed E-state index contributed by atoms with van der Waals surface area (Å²) < 4.78 is 0. The maximum atomic E-state index is 12.4. The highest BCUT2D eigenvalue weighted by Gasteiger charge is 2.28. The number of nitrogens with zero attached hydrogens (tertiary/aromatic N) is 1. The lowest BCUT2D eigenvalue weighted by molar-refractivity contribution is -0.134. The summed E-state index contributed by atoms with van der Waals surface area (Å²) >= 11 is 1.59. The van der Waals surface area contributed by atoms with Gasteiger partial charge in [-0.1, -0.05) is 42.5 Å². The lowest BCUT2D eigenvalue weighted by atomic mass is 9.97. The van der Waals surface area contributed by atoms with E-state index in [-0.39, 0.29) is 11.8 Å². The number of amides is 2. The summed E-state index contributed by atoms with van der Waals surface area (Å²) in [4.78, 5) is 29.0. The topological polar surface area (TPSA) is 71.1 Å². The maximum Gasteiger partial charge on any atom is 0.236 e. The summed E-state index contributed by atoms with van der Waals surface area (Å²) in [7, 11) is 0. The van der Waals surface area contributed by atoms with E-state index >= 15 is 0 Å². The zero-order valence-electron chi connectivity index (χ0n) is 14.6. The van der Waals surface area contributed by atoms with Crippen molar-refractivity contribution in [2.24, 2.45) is 5.92 Å². The lowest BCUT2D eigenvalue weighted by Gasteiger charge is -2.21. The number of hydrogen-bond acceptors (Lipinski definition) is 4. The van der Waals surface area contributed by atoms with E-state index in [0.29, 0.717) is 18.7 Å². The van der Waals surface area contributed by atoms with Crippen LogP contribution in [0.15, 0.2) is 60.0 Å². The van der Waals surface area contributed by atoms with E-state index in [4.69, 9.17) is 4.98 Å². The van der Waals surface area contributed by atoms with Crippen LogP contribution in [-0.4, -0.2) is 23.3 Å². The zero-order chi connectivity index (χ0) is 18.6. The third-order valence-electron chi connectivity index (χ3n) is 4.55. The molecule has 3 aromatic rings. The van der Waals surface area contributed by atoms with E-state index in [2.05, 4.69) is 10.6 Å². The molecule has 0 aliphatic carbocycles. The molecular weight excluding hydrogens is 358 g/mol. The number of aromatic nitrogens is 1. The molecule has 1 unspecified atom stereocenters. The number of rotatable bonds is 4. The number of hydrogen-bond donors (Lipinski definition) is 2. The average Bonchev–Trinajstić information content (AvgIpc) is 3.19. The first-order chi connectivity index (χ1) is 13.2. The molecule has 4 rings (SSSR count). The number of carbonyl (C=O) groups is 2. The van der Waals surface area contributed by atoms with Crippen LogP contribution in [-0.2, 0) is 9.59 Å². The minimum Gasteiger partial charge on any atom is -0.355 e. The molecule has 5 nitrogen and oxygen atoms in total. The van der Waals surface area contributed by atoms with Crippen molar-refractivity contribution in [3.8, 4) is 21.8 Å². The van der Waals surface area contributed by atoms with Crippen molar-refractivity contribution in [2.75, 3.05) is 11.9 Å². The van der Waals surface area contributed by atoms with Crippen LogP contribution >= 0.6 is 11.3 Å². The standard InChI is InChI=1S/C21H19N3O2S/c25-19-17(10-5-11-22-19)20(26)23-16-9-4-8-15(12-16)18-13-27-21(24-18)14-6-2-1-3-7-14/h1-4,6-9,12-13,17H,5,10-11H2,(H,22,25)(H,23,26). The van der Waals surface area contributed by atoms with Gasteiger partial charge in [-0.05, 0) is 25.0 Å². The molecule has 27 heavy (non-hydrogen) atoms. The number of thiazole rings is 1. The molecule has 1 aliphatic rings. The van der Waals surface area contributed by atoms with Gasteiger partial charge >= 0.3 is 0 Å². The Morgan fingerprint density at radius 1 is 1.11 bits per heavy atom. The van der Waals surface area contributed by atoms with Gasteiger partial charge < -0.3 is 10.6 Å². The molecule has 0 radical (unpaired) electrons. The molecule has 1 aliphatic heterocycles. The van der Waals surface area contributed by atoms with Crippen LogP contribution in [0, 0.1) is 5.92 Å². The second kappa shape index (κ2) is 7.72. The van der Waals surface area contributed by atoms with Crippen molar-refractivity contribution in [1.82, 2.24) is 10.3 Å². The van der Waals surface area contributed by atoms with E-state index in [1.165, 1.54) is 0 Å². The number of carbonyl (C=O) groups excluding carboxylic acids is 2. The average molecular weight is 377 g/mol. The van der Waals surface area contributed by atoms with Crippen LogP contribution in [0.1, 0.15) is 12.8 Å². The van der Waals surface area contributed by atoms with Gasteiger partial charge in [-0.2, -0.15) is 0 Å². The van der Waals surface area contributed by atoms with E-state index in [1.807, 2.05) is 60.0 Å². The highest BCUT2D eigenvalue weighted by Crippen LogP contribution is 2.30. The van der Waals surface area contributed by atoms with Gasteiger partial charge in [0.05, 0.1) is 5.69 Å². The third kappa shape index (κ3) is 3.90. The SMILES string of the molecule is O=C1NCCCC1C(=O)Nc1cccc(-c2csc(-c3ccccc3)n2)c1. The van der Waals surface area contributed by atoms with Gasteiger partial charge in [0, 0.05) is 28.7 Å². The molecule has 0 bridgehead atoms. The Morgan fingerprint density at radius 3 is 2.74 bits per heavy atom. The van der Waals surface area contributed by atoms with E-state index in [0.717, 1.165) is 28.2 Å². The fraction of sp³-hybridized carbons (Fsp3) is 0.190. The van der Waals surface area contributed by atoms with Gasteiger partial charge in [0.2, 0.25) is 11.8 Å². The Labute approximate surface area is 161 Å². The number of benzene rings is 2. The minimum atomic E-state index is -0.619. The highest BCUT2D eigenvalue weighted by molar-refractivity contribution is 7.13. The van der Waals surface area contributed by atoms with Crippen molar-refractivity contribution in [3.05, 3.63) is 60.0 Å². The fourth-order valence-corrected chi connectivity index (χ4v) is 3.96. The van der Waals surface area contributed by atoms with Crippen LogP contribution in [0.25, 0.3) is 21.8 Å². The normalized spacial score (nSPS) is 16.6. The number of nitrogens with one attached hydrogen (secondary N) is 2. The zero-order valence-corrected chi connectivity index (χ0v) is 15.5. The smallest absolute Gasteiger partial charge is 0.236 e. The molecule has 1 aromatic heterocycles. The molecule has 6 heteroatoms. The van der Waals surface area contributed by atoms with E-state index in [1.54, 1.807) is 11.3 Å². The first kappa shape index (κ1) is 17.4. The maximum absolute atomic E-state index is 12.4. The Hall–Kier alpha value is -2.99. The Balaban J connectivity index is 1.52. The molecule has 2 heterocycles. The molecular formula is C21H19N3O2S. The van der Waals surface area contributed by atoms with Crippen LogP contribution in [0.2, 0.25) is 0 Å². The van der Waals surface area contributed by atoms with Crippen LogP contribution < -0.4 is 10.6 Å². The lowest BCUT2D eigenvalue weighted by Crippen LogP contribution is -2.42. The van der Waals surface area contributed by atoms with Gasteiger partial charge in [-0.3, -0.25) is 9.59 Å². The monoisotopic (exact) mass is 377 g/mol. The van der Waals surface area contributed by atoms with Crippen molar-refractivity contribution < 1.29 is 9.59 Å². The summed E-state index contributed by atoms with van der Waals surface area (Å²) in [6, 6.07) is 17.6. The van der Waals surface area contributed by atoms with Crippen molar-refractivity contribution in [3.63, 3.8) is 0 Å². The van der Waals surface area contributed by atoms with Gasteiger partial charge in [0.1, 0.15) is 10.9 Å². The molecule has 1 saturated heterocycles. The minimum absolute atomic E-state index is 0.193. The molecule has 2 N–H and O–H groups in total. The predicted octanol–water partition coefficient (Wildman–Crippen LogP) is 3.94. The molecule has 1 fully saturated rings. The van der Waals surface area contributed by atoms with Crippen LogP contribution in [0.4, 0.5) is 5.69 Å². The van der Waals surface area contributed by atoms with E-state index < -0.39 is 5.92 Å². The van der Waals surface area contributed by atoms with Gasteiger partial charge in [0.25, 0.3) is 0 Å².